The number of ether oxygens (including phenoxy) is 1. The minimum atomic E-state index is -0.581. The molecule has 0 atom stereocenters. The first-order valence-corrected chi connectivity index (χ1v) is 12.2. The number of carbonyl (C=O) groups excluding carboxylic acids is 2. The topological polar surface area (TPSA) is 102 Å². The first-order valence-electron chi connectivity index (χ1n) is 10.4. The van der Waals surface area contributed by atoms with Crippen molar-refractivity contribution in [2.75, 3.05) is 26.0 Å². The number of hydrogen-bond donors (Lipinski definition) is 2. The molecular formula is C22H24N4O4S2. The standard InChI is InChI=1S/C22H24N4O4S2/c1-30-12-11-23-21(29)24-17(27)13-31-22-25-19-18(15-9-5-6-10-16(15)32-19)20(28)26(22)14-7-3-2-4-8-14/h2-4,7-8H,5-6,9-13H2,1H3,(H2,23,24,27,29). The van der Waals surface area contributed by atoms with Crippen LogP contribution in [-0.2, 0) is 22.4 Å². The summed E-state index contributed by atoms with van der Waals surface area (Å²) in [7, 11) is 1.53. The Morgan fingerprint density at radius 1 is 1.22 bits per heavy atom. The highest BCUT2D eigenvalue weighted by Crippen LogP contribution is 2.35. The number of aryl methyl sites for hydroxylation is 2. The van der Waals surface area contributed by atoms with Gasteiger partial charge in [0.25, 0.3) is 5.56 Å². The second-order valence-electron chi connectivity index (χ2n) is 7.35. The van der Waals surface area contributed by atoms with E-state index in [0.717, 1.165) is 43.0 Å². The molecule has 2 N–H and O–H groups in total. The Hall–Kier alpha value is -2.69. The number of benzene rings is 1. The van der Waals surface area contributed by atoms with Crippen molar-refractivity contribution in [1.82, 2.24) is 20.2 Å². The lowest BCUT2D eigenvalue weighted by Gasteiger charge is -2.13. The van der Waals surface area contributed by atoms with Crippen LogP contribution in [0.15, 0.2) is 40.3 Å². The van der Waals surface area contributed by atoms with Gasteiger partial charge in [-0.3, -0.25) is 19.5 Å². The number of fused-ring (bicyclic) bond motifs is 3. The van der Waals surface area contributed by atoms with E-state index in [2.05, 4.69) is 10.6 Å². The van der Waals surface area contributed by atoms with Crippen molar-refractivity contribution < 1.29 is 14.3 Å². The SMILES string of the molecule is COCCNC(=O)NC(=O)CSc1nc2sc3c(c2c(=O)n1-c1ccccc1)CCCC3. The van der Waals surface area contributed by atoms with Gasteiger partial charge in [0.15, 0.2) is 5.16 Å². The number of para-hydroxylation sites is 1. The van der Waals surface area contributed by atoms with E-state index >= 15 is 0 Å². The zero-order valence-electron chi connectivity index (χ0n) is 17.7. The first kappa shape index (κ1) is 22.5. The Morgan fingerprint density at radius 2 is 2.00 bits per heavy atom. The summed E-state index contributed by atoms with van der Waals surface area (Å²) >= 11 is 2.71. The van der Waals surface area contributed by atoms with E-state index in [-0.39, 0.29) is 11.3 Å². The fourth-order valence-corrected chi connectivity index (χ4v) is 5.81. The van der Waals surface area contributed by atoms with Gasteiger partial charge in [0.2, 0.25) is 5.91 Å². The Kier molecular flexibility index (Phi) is 7.23. The molecule has 3 aromatic rings. The number of imide groups is 1. The molecule has 10 heteroatoms. The smallest absolute Gasteiger partial charge is 0.321 e. The van der Waals surface area contributed by atoms with Crippen LogP contribution in [0.4, 0.5) is 4.79 Å². The summed E-state index contributed by atoms with van der Waals surface area (Å²) < 4.78 is 6.43. The summed E-state index contributed by atoms with van der Waals surface area (Å²) in [6.45, 7) is 0.659. The molecule has 3 amide bonds. The number of thiophene rings is 1. The van der Waals surface area contributed by atoms with Gasteiger partial charge in [-0.15, -0.1) is 11.3 Å². The minimum absolute atomic E-state index is 0.0480. The van der Waals surface area contributed by atoms with Crippen molar-refractivity contribution in [3.8, 4) is 5.69 Å². The van der Waals surface area contributed by atoms with E-state index in [1.807, 2.05) is 30.3 Å². The maximum absolute atomic E-state index is 13.6. The highest BCUT2D eigenvalue weighted by Gasteiger charge is 2.23. The molecule has 0 bridgehead atoms. The molecule has 168 valence electrons. The first-order chi connectivity index (χ1) is 15.6. The number of thioether (sulfide) groups is 1. The Balaban J connectivity index is 1.62. The molecule has 2 heterocycles. The molecule has 0 saturated heterocycles. The van der Waals surface area contributed by atoms with Gasteiger partial charge in [0.05, 0.1) is 23.4 Å². The van der Waals surface area contributed by atoms with Gasteiger partial charge in [-0.1, -0.05) is 30.0 Å². The minimum Gasteiger partial charge on any atom is -0.383 e. The molecule has 0 unspecified atom stereocenters. The highest BCUT2D eigenvalue weighted by atomic mass is 32.2. The maximum atomic E-state index is 13.6. The molecule has 4 rings (SSSR count). The Bertz CT molecular complexity index is 1190. The lowest BCUT2D eigenvalue weighted by atomic mass is 9.97. The molecule has 0 saturated carbocycles. The lowest BCUT2D eigenvalue weighted by molar-refractivity contribution is -0.117. The van der Waals surface area contributed by atoms with E-state index in [4.69, 9.17) is 9.72 Å². The van der Waals surface area contributed by atoms with E-state index < -0.39 is 11.9 Å². The molecule has 0 fully saturated rings. The van der Waals surface area contributed by atoms with Gasteiger partial charge in [-0.2, -0.15) is 0 Å². The molecule has 1 aromatic carbocycles. The average Bonchev–Trinajstić information content (AvgIpc) is 3.17. The number of methoxy groups -OCH3 is 1. The normalized spacial score (nSPS) is 13.0. The van der Waals surface area contributed by atoms with E-state index in [1.54, 1.807) is 15.9 Å². The third-order valence-electron chi connectivity index (χ3n) is 5.15. The second kappa shape index (κ2) is 10.3. The van der Waals surface area contributed by atoms with Crippen LogP contribution in [0.2, 0.25) is 0 Å². The summed E-state index contributed by atoms with van der Waals surface area (Å²) in [6.07, 6.45) is 4.08. The summed E-state index contributed by atoms with van der Waals surface area (Å²) in [6, 6.07) is 8.72. The van der Waals surface area contributed by atoms with Crippen LogP contribution in [-0.4, -0.2) is 47.5 Å². The predicted molar refractivity (Wildman–Crippen MR) is 126 cm³/mol. The van der Waals surface area contributed by atoms with Crippen molar-refractivity contribution in [1.29, 1.82) is 0 Å². The zero-order chi connectivity index (χ0) is 22.5. The number of nitrogens with zero attached hydrogens (tertiary/aromatic N) is 2. The molecule has 1 aliphatic carbocycles. The van der Waals surface area contributed by atoms with Gasteiger partial charge in [-0.05, 0) is 43.4 Å². The monoisotopic (exact) mass is 472 g/mol. The van der Waals surface area contributed by atoms with E-state index in [9.17, 15) is 14.4 Å². The average molecular weight is 473 g/mol. The predicted octanol–water partition coefficient (Wildman–Crippen LogP) is 2.89. The molecule has 0 radical (unpaired) electrons. The number of aromatic nitrogens is 2. The number of urea groups is 1. The number of rotatable bonds is 7. The summed E-state index contributed by atoms with van der Waals surface area (Å²) in [4.78, 5) is 44.4. The quantitative estimate of drug-likeness (QED) is 0.311. The number of hydrogen-bond acceptors (Lipinski definition) is 7. The summed E-state index contributed by atoms with van der Waals surface area (Å²) in [5.74, 6) is -0.516. The van der Waals surface area contributed by atoms with Crippen molar-refractivity contribution >= 4 is 45.3 Å². The highest BCUT2D eigenvalue weighted by molar-refractivity contribution is 7.99. The van der Waals surface area contributed by atoms with Crippen molar-refractivity contribution in [3.63, 3.8) is 0 Å². The maximum Gasteiger partial charge on any atom is 0.321 e. The van der Waals surface area contributed by atoms with Crippen LogP contribution in [0.5, 0.6) is 0 Å². The lowest BCUT2D eigenvalue weighted by Crippen LogP contribution is -2.41. The molecule has 0 aliphatic heterocycles. The third kappa shape index (κ3) is 4.87. The van der Waals surface area contributed by atoms with Crippen LogP contribution in [0, 0.1) is 0 Å². The molecule has 1 aliphatic rings. The Morgan fingerprint density at radius 3 is 2.78 bits per heavy atom. The van der Waals surface area contributed by atoms with Crippen LogP contribution in [0.1, 0.15) is 23.3 Å². The van der Waals surface area contributed by atoms with Crippen molar-refractivity contribution in [3.05, 3.63) is 51.1 Å². The second-order valence-corrected chi connectivity index (χ2v) is 9.37. The number of nitrogens with one attached hydrogen (secondary N) is 2. The summed E-state index contributed by atoms with van der Waals surface area (Å²) in [5, 5.41) is 5.95. The van der Waals surface area contributed by atoms with Crippen LogP contribution < -0.4 is 16.2 Å². The fourth-order valence-electron chi connectivity index (χ4n) is 3.69. The van der Waals surface area contributed by atoms with Gasteiger partial charge < -0.3 is 10.1 Å². The van der Waals surface area contributed by atoms with Gasteiger partial charge in [-0.25, -0.2) is 9.78 Å². The zero-order valence-corrected chi connectivity index (χ0v) is 19.3. The molecule has 32 heavy (non-hydrogen) atoms. The number of carbonyl (C=O) groups is 2. The number of amides is 3. The van der Waals surface area contributed by atoms with E-state index in [1.165, 1.54) is 12.0 Å². The fraction of sp³-hybridized carbons (Fsp3) is 0.364. The van der Waals surface area contributed by atoms with Crippen LogP contribution in [0.25, 0.3) is 15.9 Å². The van der Waals surface area contributed by atoms with Gasteiger partial charge in [0, 0.05) is 18.5 Å². The van der Waals surface area contributed by atoms with Gasteiger partial charge >= 0.3 is 6.03 Å². The molecule has 8 nitrogen and oxygen atoms in total. The van der Waals surface area contributed by atoms with Crippen molar-refractivity contribution in [2.45, 2.75) is 30.8 Å². The molecule has 0 spiro atoms. The van der Waals surface area contributed by atoms with Gasteiger partial charge in [0.1, 0.15) is 4.83 Å². The molecular weight excluding hydrogens is 448 g/mol. The van der Waals surface area contributed by atoms with Crippen LogP contribution in [0.3, 0.4) is 0 Å². The largest absolute Gasteiger partial charge is 0.383 e. The molecule has 2 aromatic heterocycles. The van der Waals surface area contributed by atoms with E-state index in [0.29, 0.717) is 34.2 Å². The van der Waals surface area contributed by atoms with Crippen LogP contribution >= 0.6 is 23.1 Å². The Labute approximate surface area is 193 Å². The summed E-state index contributed by atoms with van der Waals surface area (Å²) in [5.41, 5.74) is 1.71. The van der Waals surface area contributed by atoms with Crippen molar-refractivity contribution in [2.24, 2.45) is 0 Å². The third-order valence-corrected chi connectivity index (χ3v) is 7.27.